The zero-order valence-corrected chi connectivity index (χ0v) is 23.3. The number of halogens is 3. The number of rotatable bonds is 9. The van der Waals surface area contributed by atoms with Gasteiger partial charge in [-0.15, -0.1) is 0 Å². The molecule has 39 heavy (non-hydrogen) atoms. The maximum absolute atomic E-state index is 13.1. The van der Waals surface area contributed by atoms with E-state index in [-0.39, 0.29) is 23.6 Å². The summed E-state index contributed by atoms with van der Waals surface area (Å²) >= 11 is 0. The van der Waals surface area contributed by atoms with Gasteiger partial charge in [-0.25, -0.2) is 0 Å². The lowest BCUT2D eigenvalue weighted by Gasteiger charge is -2.48. The van der Waals surface area contributed by atoms with E-state index in [1.54, 1.807) is 4.90 Å². The van der Waals surface area contributed by atoms with Crippen molar-refractivity contribution >= 4 is 5.91 Å². The number of fused-ring (bicyclic) bond motifs is 1. The van der Waals surface area contributed by atoms with Crippen LogP contribution in [0.5, 0.6) is 5.75 Å². The molecule has 2 aromatic rings. The van der Waals surface area contributed by atoms with E-state index in [9.17, 15) is 18.0 Å². The highest BCUT2D eigenvalue weighted by Gasteiger charge is 2.38. The molecule has 3 heterocycles. The number of amides is 1. The molecule has 2 fully saturated rings. The number of hydrogen-bond acceptors (Lipinski definition) is 6. The first kappa shape index (κ1) is 29.3. The summed E-state index contributed by atoms with van der Waals surface area (Å²) in [6.45, 7) is 8.65. The lowest BCUT2D eigenvalue weighted by atomic mass is 9.86. The van der Waals surface area contributed by atoms with Gasteiger partial charge in [0.15, 0.2) is 0 Å². The quantitative estimate of drug-likeness (QED) is 0.423. The maximum Gasteiger partial charge on any atom is 0.433 e. The summed E-state index contributed by atoms with van der Waals surface area (Å²) in [5.74, 6) is 0.609. The molecule has 1 aromatic carbocycles. The van der Waals surface area contributed by atoms with E-state index in [0.717, 1.165) is 55.9 Å². The predicted molar refractivity (Wildman–Crippen MR) is 143 cm³/mol. The molecule has 2 aliphatic heterocycles. The van der Waals surface area contributed by atoms with Crippen LogP contribution < -0.4 is 4.74 Å². The molecule has 0 bridgehead atoms. The van der Waals surface area contributed by atoms with Gasteiger partial charge in [-0.05, 0) is 82.1 Å². The van der Waals surface area contributed by atoms with Crippen LogP contribution in [0.4, 0.5) is 13.2 Å². The second-order valence-electron chi connectivity index (χ2n) is 10.7. The van der Waals surface area contributed by atoms with Crippen molar-refractivity contribution in [3.05, 3.63) is 58.4 Å². The third kappa shape index (κ3) is 7.10. The van der Waals surface area contributed by atoms with Crippen LogP contribution in [0.2, 0.25) is 0 Å². The molecule has 7 nitrogen and oxygen atoms in total. The van der Waals surface area contributed by atoms with E-state index in [1.807, 2.05) is 14.1 Å². The van der Waals surface area contributed by atoms with Crippen LogP contribution in [-0.2, 0) is 10.9 Å². The van der Waals surface area contributed by atoms with E-state index in [0.29, 0.717) is 32.9 Å². The Balaban J connectivity index is 1.37. The van der Waals surface area contributed by atoms with Gasteiger partial charge < -0.3 is 19.3 Å². The van der Waals surface area contributed by atoms with Crippen LogP contribution in [0.3, 0.4) is 0 Å². The summed E-state index contributed by atoms with van der Waals surface area (Å²) in [7, 11) is 4.03. The third-order valence-corrected chi connectivity index (χ3v) is 7.84. The van der Waals surface area contributed by atoms with Crippen molar-refractivity contribution in [3.8, 4) is 5.75 Å². The number of alkyl halides is 3. The first-order chi connectivity index (χ1) is 18.6. The zero-order chi connectivity index (χ0) is 28.2. The predicted octanol–water partition coefficient (Wildman–Crippen LogP) is 4.73. The Bertz CT molecular complexity index is 1120. The number of piperazine rings is 1. The van der Waals surface area contributed by atoms with Crippen LogP contribution >= 0.6 is 0 Å². The number of carbonyl (C=O) groups is 1. The molecule has 1 aromatic heterocycles. The number of hydrogen-bond donors (Lipinski definition) is 0. The molecule has 0 unspecified atom stereocenters. The van der Waals surface area contributed by atoms with E-state index < -0.39 is 11.9 Å². The molecule has 4 rings (SSSR count). The Morgan fingerprint density at radius 2 is 1.85 bits per heavy atom. The van der Waals surface area contributed by atoms with Crippen molar-refractivity contribution in [1.29, 1.82) is 0 Å². The minimum Gasteiger partial charge on any atom is -0.491 e. The van der Waals surface area contributed by atoms with Gasteiger partial charge in [0.25, 0.3) is 5.91 Å². The molecular formula is C29H39F3N4O3. The number of pyridine rings is 1. The largest absolute Gasteiger partial charge is 0.491 e. The van der Waals surface area contributed by atoms with Gasteiger partial charge in [0.2, 0.25) is 0 Å². The minimum absolute atomic E-state index is 0.189. The fraction of sp³-hybridized carbons (Fsp3) is 0.586. The fourth-order valence-electron chi connectivity index (χ4n) is 5.53. The lowest BCUT2D eigenvalue weighted by Crippen LogP contribution is -2.57. The molecule has 0 spiro atoms. The summed E-state index contributed by atoms with van der Waals surface area (Å²) in [6, 6.07) is 6.78. The molecule has 2 aliphatic rings. The molecule has 0 aliphatic carbocycles. The first-order valence-electron chi connectivity index (χ1n) is 13.6. The van der Waals surface area contributed by atoms with Crippen LogP contribution in [-0.4, -0.2) is 91.7 Å². The standard InChI is InChI=1S/C29H39F3N4O3/c1-20-21(2)26(39-17-16-38-15-14-34(3)4)10-9-24(20)25-7-5-6-23-19-35(12-13-36(23)25)28(37)22-8-11-27(33-18-22)29(30,31)32/h8-11,18,23,25H,5-7,12-17,19H2,1-4H3/t23-,25+/m0/s1. The summed E-state index contributed by atoms with van der Waals surface area (Å²) in [6.07, 6.45) is -0.402. The highest BCUT2D eigenvalue weighted by Crippen LogP contribution is 2.39. The number of benzene rings is 1. The van der Waals surface area contributed by atoms with Crippen molar-refractivity contribution in [2.75, 3.05) is 60.1 Å². The number of nitrogens with zero attached hydrogens (tertiary/aromatic N) is 4. The SMILES string of the molecule is Cc1c(OCCOCCN(C)C)ccc([C@H]2CCC[C@H]3CN(C(=O)c4ccc(C(F)(F)F)nc4)CCN32)c1C. The van der Waals surface area contributed by atoms with E-state index in [4.69, 9.17) is 9.47 Å². The number of carbonyl (C=O) groups excluding carboxylic acids is 1. The Morgan fingerprint density at radius 3 is 2.54 bits per heavy atom. The number of piperidine rings is 1. The van der Waals surface area contributed by atoms with Gasteiger partial charge in [-0.2, -0.15) is 13.2 Å². The van der Waals surface area contributed by atoms with E-state index in [2.05, 4.69) is 40.8 Å². The smallest absolute Gasteiger partial charge is 0.433 e. The highest BCUT2D eigenvalue weighted by molar-refractivity contribution is 5.94. The van der Waals surface area contributed by atoms with Crippen molar-refractivity contribution in [1.82, 2.24) is 19.7 Å². The monoisotopic (exact) mass is 548 g/mol. The van der Waals surface area contributed by atoms with E-state index >= 15 is 0 Å². The fourth-order valence-corrected chi connectivity index (χ4v) is 5.53. The second kappa shape index (κ2) is 12.7. The third-order valence-electron chi connectivity index (χ3n) is 7.84. The maximum atomic E-state index is 13.1. The number of ether oxygens (including phenoxy) is 2. The van der Waals surface area contributed by atoms with Crippen molar-refractivity contribution in [2.45, 2.75) is 51.4 Å². The van der Waals surface area contributed by atoms with Gasteiger partial charge in [0, 0.05) is 44.5 Å². The number of aromatic nitrogens is 1. The van der Waals surface area contributed by atoms with Gasteiger partial charge >= 0.3 is 6.18 Å². The number of likely N-dealkylation sites (N-methyl/N-ethyl adjacent to an activating group) is 1. The van der Waals surface area contributed by atoms with Gasteiger partial charge in [-0.1, -0.05) is 6.07 Å². The van der Waals surface area contributed by atoms with Crippen molar-refractivity contribution < 1.29 is 27.4 Å². The van der Waals surface area contributed by atoms with Crippen molar-refractivity contribution in [3.63, 3.8) is 0 Å². The summed E-state index contributed by atoms with van der Waals surface area (Å²) < 4.78 is 50.2. The van der Waals surface area contributed by atoms with Crippen LogP contribution in [0.25, 0.3) is 0 Å². The van der Waals surface area contributed by atoms with Gasteiger partial charge in [-0.3, -0.25) is 14.7 Å². The Labute approximate surface area is 228 Å². The molecular weight excluding hydrogens is 509 g/mol. The topological polar surface area (TPSA) is 58.1 Å². The Hall–Kier alpha value is -2.69. The molecule has 2 atom stereocenters. The van der Waals surface area contributed by atoms with Crippen molar-refractivity contribution in [2.24, 2.45) is 0 Å². The molecule has 10 heteroatoms. The normalized spacial score (nSPS) is 20.3. The molecule has 214 valence electrons. The highest BCUT2D eigenvalue weighted by atomic mass is 19.4. The lowest BCUT2D eigenvalue weighted by molar-refractivity contribution is -0.141. The Morgan fingerprint density at radius 1 is 1.05 bits per heavy atom. The van der Waals surface area contributed by atoms with Gasteiger partial charge in [0.05, 0.1) is 18.8 Å². The van der Waals surface area contributed by atoms with E-state index in [1.165, 1.54) is 17.2 Å². The van der Waals surface area contributed by atoms with Gasteiger partial charge in [0.1, 0.15) is 18.1 Å². The molecule has 0 saturated carbocycles. The summed E-state index contributed by atoms with van der Waals surface area (Å²) in [4.78, 5) is 22.9. The van der Waals surface area contributed by atoms with Crippen LogP contribution in [0, 0.1) is 13.8 Å². The summed E-state index contributed by atoms with van der Waals surface area (Å²) in [5, 5.41) is 0. The molecule has 0 N–H and O–H groups in total. The first-order valence-corrected chi connectivity index (χ1v) is 13.6. The van der Waals surface area contributed by atoms with Crippen LogP contribution in [0.15, 0.2) is 30.5 Å². The molecule has 0 radical (unpaired) electrons. The second-order valence-corrected chi connectivity index (χ2v) is 10.7. The average molecular weight is 549 g/mol. The average Bonchev–Trinajstić information content (AvgIpc) is 2.91. The van der Waals surface area contributed by atoms with Crippen LogP contribution in [0.1, 0.15) is 58.0 Å². The Kier molecular flexibility index (Phi) is 9.51. The minimum atomic E-state index is -4.52. The zero-order valence-electron chi connectivity index (χ0n) is 23.3. The molecule has 2 saturated heterocycles. The summed E-state index contributed by atoms with van der Waals surface area (Å²) in [5.41, 5.74) is 2.84. The molecule has 1 amide bonds.